The molecule has 3 unspecified atom stereocenters. The highest BCUT2D eigenvalue weighted by atomic mass is 16.5. The van der Waals surface area contributed by atoms with Gasteiger partial charge in [0, 0.05) is 6.42 Å². The molecule has 0 saturated carbocycles. The highest BCUT2D eigenvalue weighted by Crippen LogP contribution is 2.17. The third-order valence-corrected chi connectivity index (χ3v) is 10.3. The molecule has 0 bridgehead atoms. The summed E-state index contributed by atoms with van der Waals surface area (Å²) in [6.07, 6.45) is 46.3. The van der Waals surface area contributed by atoms with Gasteiger partial charge in [0.1, 0.15) is 6.10 Å². The maximum Gasteiger partial charge on any atom is 0.306 e. The Bertz CT molecular complexity index is 884. The maximum absolute atomic E-state index is 13.1. The van der Waals surface area contributed by atoms with Crippen LogP contribution in [0.1, 0.15) is 226 Å². The van der Waals surface area contributed by atoms with Crippen LogP contribution < -0.4 is 5.32 Å². The van der Waals surface area contributed by atoms with E-state index in [1.54, 1.807) is 0 Å². The van der Waals surface area contributed by atoms with E-state index in [0.717, 1.165) is 77.0 Å². The molecule has 3 atom stereocenters. The second-order valence-electron chi connectivity index (χ2n) is 15.5. The average molecular weight is 746 g/mol. The molecule has 0 aliphatic carbocycles. The van der Waals surface area contributed by atoms with Gasteiger partial charge in [0.2, 0.25) is 5.91 Å². The molecule has 6 nitrogen and oxygen atoms in total. The van der Waals surface area contributed by atoms with E-state index in [2.05, 4.69) is 62.5 Å². The molecule has 0 aromatic rings. The third-order valence-electron chi connectivity index (χ3n) is 10.3. The number of hydrogen-bond acceptors (Lipinski definition) is 5. The largest absolute Gasteiger partial charge is 0.462 e. The number of carbonyl (C=O) groups is 2. The zero-order valence-electron chi connectivity index (χ0n) is 35.1. The van der Waals surface area contributed by atoms with Gasteiger partial charge in [0.25, 0.3) is 0 Å². The van der Waals surface area contributed by atoms with Gasteiger partial charge in [-0.1, -0.05) is 205 Å². The van der Waals surface area contributed by atoms with Crippen molar-refractivity contribution in [3.63, 3.8) is 0 Å². The van der Waals surface area contributed by atoms with E-state index in [4.69, 9.17) is 4.74 Å². The van der Waals surface area contributed by atoms with Gasteiger partial charge >= 0.3 is 5.97 Å². The number of nitrogens with one attached hydrogen (secondary N) is 1. The molecule has 6 heteroatoms. The Hall–Kier alpha value is -1.92. The Morgan fingerprint density at radius 2 is 1.02 bits per heavy atom. The molecule has 0 radical (unpaired) electrons. The van der Waals surface area contributed by atoms with E-state index >= 15 is 0 Å². The Labute approximate surface area is 328 Å². The topological polar surface area (TPSA) is 95.9 Å². The Morgan fingerprint density at radius 3 is 1.53 bits per heavy atom. The number of aliphatic hydroxyl groups is 2. The van der Waals surface area contributed by atoms with E-state index in [0.29, 0.717) is 19.3 Å². The maximum atomic E-state index is 13.1. The first-order valence-electron chi connectivity index (χ1n) is 22.7. The number of ether oxygens (including phenoxy) is 1. The fourth-order valence-electron chi connectivity index (χ4n) is 6.84. The molecular weight excluding hydrogens is 659 g/mol. The summed E-state index contributed by atoms with van der Waals surface area (Å²) >= 11 is 0. The molecule has 1 amide bonds. The molecule has 0 aliphatic heterocycles. The van der Waals surface area contributed by atoms with Crippen LogP contribution in [0.25, 0.3) is 0 Å². The lowest BCUT2D eigenvalue weighted by Crippen LogP contribution is -2.46. The van der Waals surface area contributed by atoms with Crippen molar-refractivity contribution in [3.8, 4) is 0 Å². The van der Waals surface area contributed by atoms with Crippen LogP contribution in [0.4, 0.5) is 0 Å². The molecule has 0 spiro atoms. The summed E-state index contributed by atoms with van der Waals surface area (Å²) < 4.78 is 5.87. The second kappa shape index (κ2) is 41.2. The van der Waals surface area contributed by atoms with E-state index in [-0.39, 0.29) is 24.9 Å². The number of rotatable bonds is 40. The van der Waals surface area contributed by atoms with Gasteiger partial charge in [-0.2, -0.15) is 0 Å². The number of esters is 1. The Balaban J connectivity index is 4.50. The normalized spacial score (nSPS) is 13.7. The van der Waals surface area contributed by atoms with Crippen molar-refractivity contribution in [2.45, 2.75) is 244 Å². The zero-order valence-corrected chi connectivity index (χ0v) is 35.1. The van der Waals surface area contributed by atoms with Gasteiger partial charge in [-0.15, -0.1) is 0 Å². The van der Waals surface area contributed by atoms with Crippen molar-refractivity contribution < 1.29 is 24.5 Å². The van der Waals surface area contributed by atoms with Gasteiger partial charge in [-0.05, 0) is 44.9 Å². The molecule has 0 fully saturated rings. The lowest BCUT2D eigenvalue weighted by Gasteiger charge is -2.24. The van der Waals surface area contributed by atoms with Gasteiger partial charge in [0.05, 0.1) is 25.2 Å². The van der Waals surface area contributed by atoms with Crippen LogP contribution in [0.5, 0.6) is 0 Å². The Morgan fingerprint density at radius 1 is 0.566 bits per heavy atom. The first kappa shape index (κ1) is 51.1. The minimum Gasteiger partial charge on any atom is -0.462 e. The van der Waals surface area contributed by atoms with E-state index in [9.17, 15) is 19.8 Å². The summed E-state index contributed by atoms with van der Waals surface area (Å²) in [5, 5.41) is 23.6. The standard InChI is InChI=1S/C47H87NO5/c1-4-7-10-13-16-19-21-23-25-27-30-33-36-39-45(50)44(42-49)48-46(51)41-43(38-35-32-29-18-15-12-9-6-3)53-47(52)40-37-34-31-28-26-24-22-20-17-14-11-8-5-2/h8,11,14,17,20,22,43-45,49-50H,4-7,9-10,12-13,15-16,18-19,21,23-42H2,1-3H3,(H,48,51)/b11-8+,17-14+,22-20-. The van der Waals surface area contributed by atoms with Crippen molar-refractivity contribution in [2.75, 3.05) is 6.61 Å². The molecule has 0 aromatic carbocycles. The first-order valence-corrected chi connectivity index (χ1v) is 22.7. The van der Waals surface area contributed by atoms with Crippen LogP contribution in [-0.2, 0) is 14.3 Å². The van der Waals surface area contributed by atoms with E-state index in [1.807, 2.05) is 0 Å². The van der Waals surface area contributed by atoms with Crippen LogP contribution in [0.3, 0.4) is 0 Å². The van der Waals surface area contributed by atoms with Crippen molar-refractivity contribution >= 4 is 11.9 Å². The molecule has 0 aliphatic rings. The minimum atomic E-state index is -0.786. The lowest BCUT2D eigenvalue weighted by molar-refractivity contribution is -0.151. The molecule has 310 valence electrons. The molecule has 0 heterocycles. The summed E-state index contributed by atoms with van der Waals surface area (Å²) in [4.78, 5) is 25.9. The van der Waals surface area contributed by atoms with Crippen LogP contribution in [-0.4, -0.2) is 46.9 Å². The quantitative estimate of drug-likeness (QED) is 0.0330. The fraction of sp³-hybridized carbons (Fsp3) is 0.830. The number of hydrogen-bond donors (Lipinski definition) is 3. The minimum absolute atomic E-state index is 0.0712. The van der Waals surface area contributed by atoms with Gasteiger partial charge in [0.15, 0.2) is 0 Å². The predicted octanol–water partition coefficient (Wildman–Crippen LogP) is 12.9. The number of unbranched alkanes of at least 4 members (excludes halogenated alkanes) is 24. The molecule has 0 saturated heterocycles. The van der Waals surface area contributed by atoms with Gasteiger partial charge in [-0.3, -0.25) is 9.59 Å². The summed E-state index contributed by atoms with van der Waals surface area (Å²) in [5.41, 5.74) is 0. The van der Waals surface area contributed by atoms with Crippen LogP contribution in [0.2, 0.25) is 0 Å². The summed E-state index contributed by atoms with van der Waals surface area (Å²) in [6.45, 7) is 6.31. The van der Waals surface area contributed by atoms with Crippen molar-refractivity contribution in [1.82, 2.24) is 5.32 Å². The molecule has 0 aromatic heterocycles. The number of amides is 1. The summed E-state index contributed by atoms with van der Waals surface area (Å²) in [5.74, 6) is -0.497. The second-order valence-corrected chi connectivity index (χ2v) is 15.5. The number of allylic oxidation sites excluding steroid dienone is 6. The van der Waals surface area contributed by atoms with Crippen molar-refractivity contribution in [2.24, 2.45) is 0 Å². The van der Waals surface area contributed by atoms with Crippen LogP contribution in [0.15, 0.2) is 36.5 Å². The van der Waals surface area contributed by atoms with Gasteiger partial charge in [-0.25, -0.2) is 0 Å². The van der Waals surface area contributed by atoms with Crippen molar-refractivity contribution in [3.05, 3.63) is 36.5 Å². The molecule has 53 heavy (non-hydrogen) atoms. The monoisotopic (exact) mass is 746 g/mol. The Kier molecular flexibility index (Phi) is 39.8. The third kappa shape index (κ3) is 36.8. The van der Waals surface area contributed by atoms with Gasteiger partial charge < -0.3 is 20.3 Å². The predicted molar refractivity (Wildman–Crippen MR) is 227 cm³/mol. The average Bonchev–Trinajstić information content (AvgIpc) is 3.15. The zero-order chi connectivity index (χ0) is 38.9. The van der Waals surface area contributed by atoms with Crippen LogP contribution >= 0.6 is 0 Å². The van der Waals surface area contributed by atoms with Crippen molar-refractivity contribution in [1.29, 1.82) is 0 Å². The lowest BCUT2D eigenvalue weighted by atomic mass is 10.0. The first-order chi connectivity index (χ1) is 26.0. The SMILES string of the molecule is CC/C=C/C=C/C=C\CCCCCCCC(=O)OC(CCCCCCCCCC)CC(=O)NC(CO)C(O)CCCCCCCCCCCCCCC. The smallest absolute Gasteiger partial charge is 0.306 e. The van der Waals surface area contributed by atoms with Crippen LogP contribution in [0, 0.1) is 0 Å². The molecule has 0 rings (SSSR count). The highest BCUT2D eigenvalue weighted by molar-refractivity contribution is 5.77. The number of carbonyl (C=O) groups excluding carboxylic acids is 2. The number of aliphatic hydroxyl groups excluding tert-OH is 2. The summed E-state index contributed by atoms with van der Waals surface area (Å²) in [6, 6.07) is -0.700. The highest BCUT2D eigenvalue weighted by Gasteiger charge is 2.24. The summed E-state index contributed by atoms with van der Waals surface area (Å²) in [7, 11) is 0. The van der Waals surface area contributed by atoms with E-state index < -0.39 is 18.2 Å². The van der Waals surface area contributed by atoms with E-state index in [1.165, 1.54) is 103 Å². The molecular formula is C47H87NO5. The molecule has 3 N–H and O–H groups in total. The fourth-order valence-corrected chi connectivity index (χ4v) is 6.84.